The van der Waals surface area contributed by atoms with E-state index in [4.69, 9.17) is 11.5 Å². The van der Waals surface area contributed by atoms with E-state index in [1.165, 1.54) is 38.5 Å². The van der Waals surface area contributed by atoms with Crippen molar-refractivity contribution >= 4 is 5.78 Å². The largest absolute Gasteiger partial charge is 0.330 e. The first-order valence-corrected chi connectivity index (χ1v) is 12.4. The van der Waals surface area contributed by atoms with Crippen molar-refractivity contribution in [1.29, 1.82) is 0 Å². The summed E-state index contributed by atoms with van der Waals surface area (Å²) in [5.74, 6) is 0.993. The number of nitrogens with one attached hydrogen (secondary N) is 2. The molecule has 0 aliphatic carbocycles. The van der Waals surface area contributed by atoms with E-state index < -0.39 is 0 Å². The molecule has 0 aromatic heterocycles. The Hall–Kier alpha value is -0.490. The predicted molar refractivity (Wildman–Crippen MR) is 127 cm³/mol. The highest BCUT2D eigenvalue weighted by Gasteiger charge is 2.12. The quantitative estimate of drug-likeness (QED) is 0.201. The molecule has 2 atom stereocenters. The Morgan fingerprint density at radius 3 is 2.03 bits per heavy atom. The fraction of sp³-hybridized carbons (Fsp3) is 0.958. The zero-order chi connectivity index (χ0) is 21.7. The maximum Gasteiger partial charge on any atom is 0.149 e. The molecule has 0 aliphatic rings. The van der Waals surface area contributed by atoms with E-state index in [0.29, 0.717) is 12.5 Å². The Bertz CT molecular complexity index is 363. The molecule has 0 aromatic carbocycles. The van der Waals surface area contributed by atoms with Crippen LogP contribution in [-0.2, 0) is 4.79 Å². The Labute approximate surface area is 181 Å². The summed E-state index contributed by atoms with van der Waals surface area (Å²) in [5, 5.41) is 6.98. The maximum atomic E-state index is 12.2. The Morgan fingerprint density at radius 2 is 1.38 bits per heavy atom. The van der Waals surface area contributed by atoms with Crippen molar-refractivity contribution in [3.05, 3.63) is 0 Å². The topological polar surface area (TPSA) is 93.2 Å². The van der Waals surface area contributed by atoms with Gasteiger partial charge in [-0.25, -0.2) is 0 Å². The van der Waals surface area contributed by atoms with Crippen LogP contribution in [0.4, 0.5) is 0 Å². The molecule has 5 nitrogen and oxygen atoms in total. The molecule has 1 unspecified atom stereocenters. The van der Waals surface area contributed by atoms with Gasteiger partial charge in [-0.15, -0.1) is 0 Å². The zero-order valence-corrected chi connectivity index (χ0v) is 19.8. The third-order valence-corrected chi connectivity index (χ3v) is 5.51. The lowest BCUT2D eigenvalue weighted by Crippen LogP contribution is -2.31. The molecule has 0 saturated heterocycles. The molecule has 0 fully saturated rings. The zero-order valence-electron chi connectivity index (χ0n) is 19.8. The van der Waals surface area contributed by atoms with Crippen LogP contribution in [0.15, 0.2) is 0 Å². The van der Waals surface area contributed by atoms with E-state index in [2.05, 4.69) is 31.4 Å². The Kier molecular flexibility index (Phi) is 20.4. The van der Waals surface area contributed by atoms with Gasteiger partial charge in [0.15, 0.2) is 0 Å². The third-order valence-electron chi connectivity index (χ3n) is 5.51. The average Bonchev–Trinajstić information content (AvgIpc) is 2.67. The van der Waals surface area contributed by atoms with Crippen molar-refractivity contribution in [3.8, 4) is 0 Å². The molecule has 0 rings (SSSR count). The van der Waals surface area contributed by atoms with Crippen LogP contribution < -0.4 is 22.1 Å². The summed E-state index contributed by atoms with van der Waals surface area (Å²) in [6.45, 7) is 10.7. The number of Topliss-reactive ketones (excluding diaryl/α,β-unsaturated/α-hetero) is 1. The van der Waals surface area contributed by atoms with Gasteiger partial charge in [0.1, 0.15) is 5.78 Å². The van der Waals surface area contributed by atoms with Gasteiger partial charge in [0.2, 0.25) is 0 Å². The summed E-state index contributed by atoms with van der Waals surface area (Å²) in [5.41, 5.74) is 11.5. The van der Waals surface area contributed by atoms with Gasteiger partial charge in [0.25, 0.3) is 0 Å². The molecule has 0 radical (unpaired) electrons. The molecule has 0 spiro atoms. The van der Waals surface area contributed by atoms with Gasteiger partial charge in [0.05, 0.1) is 6.04 Å². The first-order valence-electron chi connectivity index (χ1n) is 12.4. The average molecular weight is 413 g/mol. The Morgan fingerprint density at radius 1 is 0.793 bits per heavy atom. The van der Waals surface area contributed by atoms with Gasteiger partial charge >= 0.3 is 0 Å². The minimum absolute atomic E-state index is 0.255. The van der Waals surface area contributed by atoms with Gasteiger partial charge in [-0.2, -0.15) is 0 Å². The molecule has 0 heterocycles. The van der Waals surface area contributed by atoms with Gasteiger partial charge < -0.3 is 22.1 Å². The number of unbranched alkanes of at least 4 members (excludes halogenated alkanes) is 7. The van der Waals surface area contributed by atoms with Gasteiger partial charge in [-0.1, -0.05) is 52.4 Å². The van der Waals surface area contributed by atoms with E-state index in [-0.39, 0.29) is 11.8 Å². The van der Waals surface area contributed by atoms with Crippen LogP contribution in [0.25, 0.3) is 0 Å². The van der Waals surface area contributed by atoms with Crippen LogP contribution in [0.5, 0.6) is 0 Å². The van der Waals surface area contributed by atoms with Gasteiger partial charge in [-0.05, 0) is 77.5 Å². The lowest BCUT2D eigenvalue weighted by Gasteiger charge is -2.16. The monoisotopic (exact) mass is 412 g/mol. The van der Waals surface area contributed by atoms with Crippen molar-refractivity contribution in [2.75, 3.05) is 26.2 Å². The second kappa shape index (κ2) is 20.8. The second-order valence-electron chi connectivity index (χ2n) is 9.17. The maximum absolute atomic E-state index is 12.2. The van der Waals surface area contributed by atoms with Crippen LogP contribution >= 0.6 is 0 Å². The van der Waals surface area contributed by atoms with E-state index >= 15 is 0 Å². The molecular formula is C24H52N4O. The number of rotatable bonds is 22. The number of ketones is 1. The number of nitrogens with two attached hydrogens (primary N) is 2. The molecule has 5 heteroatoms. The van der Waals surface area contributed by atoms with Crippen LogP contribution in [0.3, 0.4) is 0 Å². The highest BCUT2D eigenvalue weighted by atomic mass is 16.1. The highest BCUT2D eigenvalue weighted by molar-refractivity contribution is 5.83. The summed E-state index contributed by atoms with van der Waals surface area (Å²) in [6.07, 6.45) is 14.4. The number of carbonyl (C=O) groups is 1. The molecule has 29 heavy (non-hydrogen) atoms. The minimum atomic E-state index is -0.255. The molecule has 0 aromatic rings. The first kappa shape index (κ1) is 28.5. The minimum Gasteiger partial charge on any atom is -0.330 e. The SMILES string of the molecule is CC(C)CC(C)NCCCC[C@H](N)C(=O)CCCCCCCCCNCCCN. The summed E-state index contributed by atoms with van der Waals surface area (Å²) in [7, 11) is 0. The van der Waals surface area contributed by atoms with Crippen molar-refractivity contribution in [1.82, 2.24) is 10.6 Å². The molecular weight excluding hydrogens is 360 g/mol. The number of hydrogen-bond acceptors (Lipinski definition) is 5. The van der Waals surface area contributed by atoms with Gasteiger partial charge in [0, 0.05) is 12.5 Å². The number of hydrogen-bond donors (Lipinski definition) is 4. The van der Waals surface area contributed by atoms with Crippen LogP contribution in [0.1, 0.15) is 104 Å². The molecule has 0 amide bonds. The normalized spacial score (nSPS) is 13.7. The summed E-state index contributed by atoms with van der Waals surface area (Å²) in [4.78, 5) is 12.2. The second-order valence-corrected chi connectivity index (χ2v) is 9.17. The Balaban J connectivity index is 3.40. The van der Waals surface area contributed by atoms with E-state index in [1.807, 2.05) is 0 Å². The molecule has 174 valence electrons. The van der Waals surface area contributed by atoms with Crippen LogP contribution in [0.2, 0.25) is 0 Å². The molecule has 0 bridgehead atoms. The lowest BCUT2D eigenvalue weighted by atomic mass is 10.0. The summed E-state index contributed by atoms with van der Waals surface area (Å²) < 4.78 is 0. The van der Waals surface area contributed by atoms with Crippen molar-refractivity contribution in [3.63, 3.8) is 0 Å². The molecule has 0 aliphatic heterocycles. The first-order chi connectivity index (χ1) is 14.0. The van der Waals surface area contributed by atoms with Crippen LogP contribution in [-0.4, -0.2) is 44.0 Å². The van der Waals surface area contributed by atoms with E-state index in [1.54, 1.807) is 0 Å². The van der Waals surface area contributed by atoms with Crippen molar-refractivity contribution < 1.29 is 4.79 Å². The third kappa shape index (κ3) is 20.6. The van der Waals surface area contributed by atoms with Crippen molar-refractivity contribution in [2.45, 2.75) is 116 Å². The highest BCUT2D eigenvalue weighted by Crippen LogP contribution is 2.11. The van der Waals surface area contributed by atoms with E-state index in [0.717, 1.165) is 70.6 Å². The summed E-state index contributed by atoms with van der Waals surface area (Å²) in [6, 6.07) is 0.318. The smallest absolute Gasteiger partial charge is 0.149 e. The standard InChI is InChI=1S/C24H52N4O/c1-21(2)20-22(3)28-19-12-10-14-23(26)24(29)15-9-7-5-4-6-8-11-17-27-18-13-16-25/h21-23,27-28H,4-20,25-26H2,1-3H3/t22?,23-/m0/s1. The summed E-state index contributed by atoms with van der Waals surface area (Å²) >= 11 is 0. The fourth-order valence-corrected chi connectivity index (χ4v) is 3.76. The molecule has 0 saturated carbocycles. The number of carbonyl (C=O) groups excluding carboxylic acids is 1. The van der Waals surface area contributed by atoms with Gasteiger partial charge in [-0.3, -0.25) is 4.79 Å². The predicted octanol–water partition coefficient (Wildman–Crippen LogP) is 4.14. The van der Waals surface area contributed by atoms with Crippen LogP contribution in [0, 0.1) is 5.92 Å². The van der Waals surface area contributed by atoms with Crippen molar-refractivity contribution in [2.24, 2.45) is 17.4 Å². The molecule has 6 N–H and O–H groups in total. The lowest BCUT2D eigenvalue weighted by molar-refractivity contribution is -0.120. The fourth-order valence-electron chi connectivity index (χ4n) is 3.76. The van der Waals surface area contributed by atoms with E-state index in [9.17, 15) is 4.79 Å².